The minimum Gasteiger partial charge on any atom is -0.317 e. The largest absolute Gasteiger partial charge is 0.317 e. The van der Waals surface area contributed by atoms with E-state index in [2.05, 4.69) is 51.8 Å². The average molecular weight is 214 g/mol. The van der Waals surface area contributed by atoms with Crippen LogP contribution < -0.4 is 5.32 Å². The number of nitrogens with zero attached hydrogens (tertiary/aromatic N) is 1. The van der Waals surface area contributed by atoms with Crippen LogP contribution >= 0.6 is 0 Å². The summed E-state index contributed by atoms with van der Waals surface area (Å²) >= 11 is 0. The van der Waals surface area contributed by atoms with Crippen molar-refractivity contribution >= 4 is 0 Å². The molecule has 1 N–H and O–H groups in total. The van der Waals surface area contributed by atoms with Gasteiger partial charge in [-0.15, -0.1) is 0 Å². The van der Waals surface area contributed by atoms with Gasteiger partial charge in [0.2, 0.25) is 0 Å². The van der Waals surface area contributed by atoms with Crippen LogP contribution in [0.3, 0.4) is 0 Å². The second kappa shape index (κ2) is 6.49. The molecule has 0 aromatic carbocycles. The fourth-order valence-corrected chi connectivity index (χ4v) is 1.86. The summed E-state index contributed by atoms with van der Waals surface area (Å²) in [6, 6.07) is 1.20. The summed E-state index contributed by atoms with van der Waals surface area (Å²) in [6.07, 6.45) is 1.24. The van der Waals surface area contributed by atoms with Gasteiger partial charge in [-0.2, -0.15) is 0 Å². The number of rotatable bonds is 7. The Morgan fingerprint density at radius 2 is 1.73 bits per heavy atom. The smallest absolute Gasteiger partial charge is 0.00991 e. The second-order valence-corrected chi connectivity index (χ2v) is 5.56. The molecule has 0 aliphatic heterocycles. The molecule has 0 saturated heterocycles. The first kappa shape index (κ1) is 14.9. The first-order valence-corrected chi connectivity index (χ1v) is 6.26. The summed E-state index contributed by atoms with van der Waals surface area (Å²) in [5, 5.41) is 3.36. The standard InChI is InChI=1S/C13H30N2/c1-8-9-15(11(2)3)10-13(5,6)12(4)14-7/h11-12,14H,8-10H2,1-7H3. The predicted molar refractivity (Wildman–Crippen MR) is 69.3 cm³/mol. The summed E-state index contributed by atoms with van der Waals surface area (Å²) in [5.74, 6) is 0. The van der Waals surface area contributed by atoms with Crippen LogP contribution in [0, 0.1) is 5.41 Å². The molecule has 0 amide bonds. The second-order valence-electron chi connectivity index (χ2n) is 5.56. The van der Waals surface area contributed by atoms with E-state index in [1.54, 1.807) is 0 Å². The van der Waals surface area contributed by atoms with Crippen LogP contribution in [-0.4, -0.2) is 37.1 Å². The van der Waals surface area contributed by atoms with Crippen molar-refractivity contribution in [3.8, 4) is 0 Å². The van der Waals surface area contributed by atoms with Gasteiger partial charge in [-0.05, 0) is 46.2 Å². The summed E-state index contributed by atoms with van der Waals surface area (Å²) < 4.78 is 0. The molecule has 2 heteroatoms. The molecule has 0 saturated carbocycles. The molecule has 15 heavy (non-hydrogen) atoms. The topological polar surface area (TPSA) is 15.3 Å². The monoisotopic (exact) mass is 214 g/mol. The van der Waals surface area contributed by atoms with Crippen LogP contribution in [-0.2, 0) is 0 Å². The third kappa shape index (κ3) is 4.98. The zero-order valence-corrected chi connectivity index (χ0v) is 11.7. The summed E-state index contributed by atoms with van der Waals surface area (Å²) in [6.45, 7) is 16.2. The molecule has 0 radical (unpaired) electrons. The molecule has 0 aromatic rings. The van der Waals surface area contributed by atoms with E-state index in [0.717, 1.165) is 0 Å². The Kier molecular flexibility index (Phi) is 6.46. The summed E-state index contributed by atoms with van der Waals surface area (Å²) in [5.41, 5.74) is 0.328. The highest BCUT2D eigenvalue weighted by Crippen LogP contribution is 2.23. The Hall–Kier alpha value is -0.0800. The minimum atomic E-state index is 0.328. The van der Waals surface area contributed by atoms with Crippen molar-refractivity contribution in [2.45, 2.75) is 60.0 Å². The minimum absolute atomic E-state index is 0.328. The van der Waals surface area contributed by atoms with Gasteiger partial charge in [-0.3, -0.25) is 0 Å². The molecule has 0 bridgehead atoms. The van der Waals surface area contributed by atoms with Crippen molar-refractivity contribution in [2.24, 2.45) is 5.41 Å². The third-order valence-corrected chi connectivity index (χ3v) is 3.46. The lowest BCUT2D eigenvalue weighted by molar-refractivity contribution is 0.120. The fourth-order valence-electron chi connectivity index (χ4n) is 1.86. The maximum absolute atomic E-state index is 3.36. The summed E-state index contributed by atoms with van der Waals surface area (Å²) in [7, 11) is 2.05. The van der Waals surface area contributed by atoms with Gasteiger partial charge < -0.3 is 10.2 Å². The van der Waals surface area contributed by atoms with E-state index >= 15 is 0 Å². The van der Waals surface area contributed by atoms with Gasteiger partial charge in [-0.1, -0.05) is 20.8 Å². The molecule has 0 spiro atoms. The van der Waals surface area contributed by atoms with E-state index < -0.39 is 0 Å². The molecular weight excluding hydrogens is 184 g/mol. The Balaban J connectivity index is 4.37. The normalized spacial score (nSPS) is 15.0. The van der Waals surface area contributed by atoms with Gasteiger partial charge in [0.1, 0.15) is 0 Å². The lowest BCUT2D eigenvalue weighted by Gasteiger charge is -2.38. The Bertz CT molecular complexity index is 164. The van der Waals surface area contributed by atoms with E-state index in [0.29, 0.717) is 17.5 Å². The zero-order chi connectivity index (χ0) is 12.1. The van der Waals surface area contributed by atoms with Crippen LogP contribution in [0.2, 0.25) is 0 Å². The van der Waals surface area contributed by atoms with Crippen molar-refractivity contribution in [3.63, 3.8) is 0 Å². The molecule has 2 nitrogen and oxygen atoms in total. The predicted octanol–water partition coefficient (Wildman–Crippen LogP) is 2.74. The van der Waals surface area contributed by atoms with Gasteiger partial charge >= 0.3 is 0 Å². The molecule has 0 rings (SSSR count). The highest BCUT2D eigenvalue weighted by molar-refractivity contribution is 4.83. The zero-order valence-electron chi connectivity index (χ0n) is 11.7. The number of hydrogen-bond acceptors (Lipinski definition) is 2. The maximum Gasteiger partial charge on any atom is 0.00991 e. The molecule has 0 aliphatic carbocycles. The lowest BCUT2D eigenvalue weighted by atomic mass is 9.84. The quantitative estimate of drug-likeness (QED) is 0.701. The first-order valence-electron chi connectivity index (χ1n) is 6.26. The molecule has 0 aliphatic rings. The van der Waals surface area contributed by atoms with Crippen LogP contribution in [0.15, 0.2) is 0 Å². The highest BCUT2D eigenvalue weighted by Gasteiger charge is 2.27. The number of hydrogen-bond donors (Lipinski definition) is 1. The van der Waals surface area contributed by atoms with Gasteiger partial charge in [0.15, 0.2) is 0 Å². The molecule has 0 aromatic heterocycles. The van der Waals surface area contributed by atoms with Crippen molar-refractivity contribution in [1.82, 2.24) is 10.2 Å². The van der Waals surface area contributed by atoms with Crippen molar-refractivity contribution in [3.05, 3.63) is 0 Å². The SMILES string of the molecule is CCCN(CC(C)(C)C(C)NC)C(C)C. The highest BCUT2D eigenvalue weighted by atomic mass is 15.2. The van der Waals surface area contributed by atoms with Crippen LogP contribution in [0.4, 0.5) is 0 Å². The average Bonchev–Trinajstić information content (AvgIpc) is 2.15. The van der Waals surface area contributed by atoms with Crippen LogP contribution in [0.5, 0.6) is 0 Å². The molecule has 92 valence electrons. The third-order valence-electron chi connectivity index (χ3n) is 3.46. The molecule has 0 heterocycles. The van der Waals surface area contributed by atoms with Gasteiger partial charge in [0.25, 0.3) is 0 Å². The maximum atomic E-state index is 3.36. The Labute approximate surface area is 96.4 Å². The van der Waals surface area contributed by atoms with E-state index in [1.807, 2.05) is 7.05 Å². The first-order chi connectivity index (χ1) is 6.85. The molecule has 1 atom stereocenters. The fraction of sp³-hybridized carbons (Fsp3) is 1.00. The van der Waals surface area contributed by atoms with Gasteiger partial charge in [0.05, 0.1) is 0 Å². The van der Waals surface area contributed by atoms with Crippen molar-refractivity contribution in [1.29, 1.82) is 0 Å². The summed E-state index contributed by atoms with van der Waals surface area (Å²) in [4.78, 5) is 2.58. The van der Waals surface area contributed by atoms with E-state index in [-0.39, 0.29) is 0 Å². The van der Waals surface area contributed by atoms with E-state index in [4.69, 9.17) is 0 Å². The molecule has 0 fully saturated rings. The van der Waals surface area contributed by atoms with Gasteiger partial charge in [0, 0.05) is 18.6 Å². The van der Waals surface area contributed by atoms with Crippen molar-refractivity contribution in [2.75, 3.05) is 20.1 Å². The van der Waals surface area contributed by atoms with Crippen LogP contribution in [0.1, 0.15) is 48.0 Å². The lowest BCUT2D eigenvalue weighted by Crippen LogP contribution is -2.47. The van der Waals surface area contributed by atoms with Gasteiger partial charge in [-0.25, -0.2) is 0 Å². The Morgan fingerprint density at radius 3 is 2.07 bits per heavy atom. The van der Waals surface area contributed by atoms with E-state index in [9.17, 15) is 0 Å². The van der Waals surface area contributed by atoms with E-state index in [1.165, 1.54) is 19.5 Å². The molecule has 1 unspecified atom stereocenters. The number of nitrogens with one attached hydrogen (secondary N) is 1. The van der Waals surface area contributed by atoms with Crippen LogP contribution in [0.25, 0.3) is 0 Å². The Morgan fingerprint density at radius 1 is 1.20 bits per heavy atom. The van der Waals surface area contributed by atoms with Crippen molar-refractivity contribution < 1.29 is 0 Å². The molecular formula is C13H30N2.